The Kier molecular flexibility index (Phi) is 4.41. The Labute approximate surface area is 131 Å². The molecule has 3 N–H and O–H groups in total. The molecule has 0 heterocycles. The van der Waals surface area contributed by atoms with E-state index < -0.39 is 6.10 Å². The molecule has 0 saturated carbocycles. The number of nitrogens with two attached hydrogens (primary N) is 1. The topological polar surface area (TPSA) is 46.2 Å². The molecule has 2 heteroatoms. The SMILES string of the molecule is CCCC[C@@H](O)[C@@H](N)c1cc2ccccc2c2ccccc12. The zero-order valence-corrected chi connectivity index (χ0v) is 13.0. The summed E-state index contributed by atoms with van der Waals surface area (Å²) in [5.74, 6) is 0. The molecule has 22 heavy (non-hydrogen) atoms. The lowest BCUT2D eigenvalue weighted by Crippen LogP contribution is -2.26. The van der Waals surface area contributed by atoms with Crippen molar-refractivity contribution >= 4 is 21.5 Å². The highest BCUT2D eigenvalue weighted by atomic mass is 16.3. The van der Waals surface area contributed by atoms with Gasteiger partial charge in [0.15, 0.2) is 0 Å². The molecule has 0 aliphatic carbocycles. The maximum Gasteiger partial charge on any atom is 0.0733 e. The number of aliphatic hydroxyl groups is 1. The monoisotopic (exact) mass is 293 g/mol. The van der Waals surface area contributed by atoms with Crippen molar-refractivity contribution in [3.05, 3.63) is 60.2 Å². The summed E-state index contributed by atoms with van der Waals surface area (Å²) in [5.41, 5.74) is 7.43. The molecule has 3 aromatic rings. The molecule has 3 rings (SSSR count). The summed E-state index contributed by atoms with van der Waals surface area (Å²) in [7, 11) is 0. The molecular weight excluding hydrogens is 270 g/mol. The smallest absolute Gasteiger partial charge is 0.0733 e. The maximum atomic E-state index is 10.4. The highest BCUT2D eigenvalue weighted by molar-refractivity contribution is 6.09. The Bertz CT molecular complexity index is 781. The van der Waals surface area contributed by atoms with Gasteiger partial charge in [-0.3, -0.25) is 0 Å². The van der Waals surface area contributed by atoms with Crippen LogP contribution in [-0.2, 0) is 0 Å². The summed E-state index contributed by atoms with van der Waals surface area (Å²) in [6, 6.07) is 18.5. The molecule has 0 unspecified atom stereocenters. The van der Waals surface area contributed by atoms with Gasteiger partial charge in [-0.15, -0.1) is 0 Å². The fraction of sp³-hybridized carbons (Fsp3) is 0.300. The van der Waals surface area contributed by atoms with E-state index in [2.05, 4.69) is 49.4 Å². The van der Waals surface area contributed by atoms with Crippen molar-refractivity contribution in [2.45, 2.75) is 38.3 Å². The minimum Gasteiger partial charge on any atom is -0.391 e. The van der Waals surface area contributed by atoms with Crippen molar-refractivity contribution in [3.8, 4) is 0 Å². The van der Waals surface area contributed by atoms with Crippen LogP contribution in [0.25, 0.3) is 21.5 Å². The third kappa shape index (κ3) is 2.72. The van der Waals surface area contributed by atoms with Crippen molar-refractivity contribution in [3.63, 3.8) is 0 Å². The largest absolute Gasteiger partial charge is 0.391 e. The first-order chi connectivity index (χ1) is 10.7. The second-order valence-electron chi connectivity index (χ2n) is 5.97. The molecule has 0 aliphatic heterocycles. The van der Waals surface area contributed by atoms with Gasteiger partial charge in [-0.25, -0.2) is 0 Å². The number of unbranched alkanes of at least 4 members (excludes halogenated alkanes) is 1. The average molecular weight is 293 g/mol. The van der Waals surface area contributed by atoms with Gasteiger partial charge in [0.25, 0.3) is 0 Å². The Morgan fingerprint density at radius 1 is 0.955 bits per heavy atom. The Hall–Kier alpha value is -1.90. The van der Waals surface area contributed by atoms with Crippen LogP contribution in [0.15, 0.2) is 54.6 Å². The van der Waals surface area contributed by atoms with Crippen LogP contribution in [0.1, 0.15) is 37.8 Å². The summed E-state index contributed by atoms with van der Waals surface area (Å²) in [6.07, 6.45) is 2.33. The average Bonchev–Trinajstić information content (AvgIpc) is 2.58. The normalized spacial score (nSPS) is 14.3. The highest BCUT2D eigenvalue weighted by Crippen LogP contribution is 2.32. The molecule has 0 amide bonds. The lowest BCUT2D eigenvalue weighted by molar-refractivity contribution is 0.133. The summed E-state index contributed by atoms with van der Waals surface area (Å²) < 4.78 is 0. The maximum absolute atomic E-state index is 10.4. The molecule has 0 bridgehead atoms. The van der Waals surface area contributed by atoms with Gasteiger partial charge in [-0.2, -0.15) is 0 Å². The molecule has 0 saturated heterocycles. The fourth-order valence-corrected chi connectivity index (χ4v) is 3.16. The van der Waals surface area contributed by atoms with Gasteiger partial charge in [0.1, 0.15) is 0 Å². The molecule has 0 aromatic heterocycles. The zero-order valence-electron chi connectivity index (χ0n) is 13.0. The first-order valence-corrected chi connectivity index (χ1v) is 8.06. The number of aliphatic hydroxyl groups excluding tert-OH is 1. The molecule has 0 aliphatic rings. The third-order valence-electron chi connectivity index (χ3n) is 4.43. The van der Waals surface area contributed by atoms with Gasteiger partial charge in [0.2, 0.25) is 0 Å². The van der Waals surface area contributed by atoms with E-state index in [1.54, 1.807) is 0 Å². The van der Waals surface area contributed by atoms with Crippen LogP contribution in [0.2, 0.25) is 0 Å². The molecule has 0 fully saturated rings. The summed E-state index contributed by atoms with van der Waals surface area (Å²) in [5, 5.41) is 15.2. The van der Waals surface area contributed by atoms with Crippen LogP contribution in [0.5, 0.6) is 0 Å². The number of hydrogen-bond donors (Lipinski definition) is 2. The molecule has 0 radical (unpaired) electrons. The molecule has 0 spiro atoms. The van der Waals surface area contributed by atoms with Crippen LogP contribution in [0.3, 0.4) is 0 Å². The second-order valence-corrected chi connectivity index (χ2v) is 5.97. The van der Waals surface area contributed by atoms with Crippen molar-refractivity contribution in [1.82, 2.24) is 0 Å². The molecule has 114 valence electrons. The number of fused-ring (bicyclic) bond motifs is 3. The van der Waals surface area contributed by atoms with Crippen LogP contribution in [-0.4, -0.2) is 11.2 Å². The first kappa shape index (κ1) is 15.0. The first-order valence-electron chi connectivity index (χ1n) is 8.06. The number of benzene rings is 3. The van der Waals surface area contributed by atoms with E-state index in [9.17, 15) is 5.11 Å². The Morgan fingerprint density at radius 3 is 2.32 bits per heavy atom. The fourth-order valence-electron chi connectivity index (χ4n) is 3.16. The summed E-state index contributed by atoms with van der Waals surface area (Å²) in [6.45, 7) is 2.13. The van der Waals surface area contributed by atoms with Gasteiger partial charge >= 0.3 is 0 Å². The van der Waals surface area contributed by atoms with Crippen molar-refractivity contribution in [2.75, 3.05) is 0 Å². The van der Waals surface area contributed by atoms with Crippen LogP contribution < -0.4 is 5.73 Å². The van der Waals surface area contributed by atoms with E-state index in [0.29, 0.717) is 0 Å². The van der Waals surface area contributed by atoms with Gasteiger partial charge in [0.05, 0.1) is 12.1 Å². The standard InChI is InChI=1S/C20H23NO/c1-2-3-12-19(22)20(21)18-13-14-8-4-5-9-15(14)16-10-6-7-11-17(16)18/h4-11,13,19-20,22H,2-3,12,21H2,1H3/t19-,20+/m1/s1. The van der Waals surface area contributed by atoms with E-state index in [1.165, 1.54) is 16.2 Å². The van der Waals surface area contributed by atoms with E-state index >= 15 is 0 Å². The highest BCUT2D eigenvalue weighted by Gasteiger charge is 2.19. The van der Waals surface area contributed by atoms with Crippen molar-refractivity contribution in [1.29, 1.82) is 0 Å². The van der Waals surface area contributed by atoms with E-state index in [-0.39, 0.29) is 6.04 Å². The Morgan fingerprint density at radius 2 is 1.59 bits per heavy atom. The van der Waals surface area contributed by atoms with E-state index in [1.807, 2.05) is 12.1 Å². The lowest BCUT2D eigenvalue weighted by atomic mass is 9.90. The minimum absolute atomic E-state index is 0.346. The second kappa shape index (κ2) is 6.47. The molecule has 2 nitrogen and oxygen atoms in total. The quantitative estimate of drug-likeness (QED) is 0.678. The van der Waals surface area contributed by atoms with E-state index in [0.717, 1.165) is 30.2 Å². The number of rotatable bonds is 5. The zero-order chi connectivity index (χ0) is 15.5. The predicted octanol–water partition coefficient (Wildman–Crippen LogP) is 4.54. The summed E-state index contributed by atoms with van der Waals surface area (Å²) >= 11 is 0. The third-order valence-corrected chi connectivity index (χ3v) is 4.43. The Balaban J connectivity index is 2.15. The van der Waals surface area contributed by atoms with Crippen LogP contribution in [0, 0.1) is 0 Å². The summed E-state index contributed by atoms with van der Waals surface area (Å²) in [4.78, 5) is 0. The van der Waals surface area contributed by atoms with Crippen molar-refractivity contribution in [2.24, 2.45) is 5.73 Å². The van der Waals surface area contributed by atoms with E-state index in [4.69, 9.17) is 5.73 Å². The van der Waals surface area contributed by atoms with Gasteiger partial charge < -0.3 is 10.8 Å². The van der Waals surface area contributed by atoms with Crippen LogP contribution >= 0.6 is 0 Å². The van der Waals surface area contributed by atoms with Crippen molar-refractivity contribution < 1.29 is 5.11 Å². The minimum atomic E-state index is -0.496. The molecule has 2 atom stereocenters. The lowest BCUT2D eigenvalue weighted by Gasteiger charge is -2.21. The van der Waals surface area contributed by atoms with Gasteiger partial charge in [-0.05, 0) is 39.6 Å². The van der Waals surface area contributed by atoms with Gasteiger partial charge in [-0.1, -0.05) is 68.3 Å². The predicted molar refractivity (Wildman–Crippen MR) is 93.9 cm³/mol. The van der Waals surface area contributed by atoms with Crippen LogP contribution in [0.4, 0.5) is 0 Å². The molecular formula is C20H23NO. The molecule has 3 aromatic carbocycles. The number of hydrogen-bond acceptors (Lipinski definition) is 2. The van der Waals surface area contributed by atoms with Gasteiger partial charge in [0, 0.05) is 0 Å².